The van der Waals surface area contributed by atoms with E-state index in [-0.39, 0.29) is 11.7 Å². The van der Waals surface area contributed by atoms with E-state index in [9.17, 15) is 9.59 Å². The second kappa shape index (κ2) is 5.69. The smallest absolute Gasteiger partial charge is 0.255 e. The zero-order chi connectivity index (χ0) is 14.8. The molecular weight excluding hydrogens is 334 g/mol. The van der Waals surface area contributed by atoms with E-state index in [4.69, 9.17) is 4.74 Å². The van der Waals surface area contributed by atoms with Crippen molar-refractivity contribution in [1.29, 1.82) is 0 Å². The molecule has 21 heavy (non-hydrogen) atoms. The Morgan fingerprint density at radius 2 is 1.81 bits per heavy atom. The van der Waals surface area contributed by atoms with Crippen LogP contribution in [0.5, 0.6) is 5.75 Å². The average Bonchev–Trinajstić information content (AvgIpc) is 2.69. The fraction of sp³-hybridized carbons (Fsp3) is 0.125. The normalized spacial score (nSPS) is 13.7. The number of ketones is 1. The standard InChI is InChI=1S/C16H12BrNO3/c17-12-4-1-10(2-5-12)15(19)11-3-6-14-13(9-11)16(20)18-7-8-21-14/h1-6,9H,7-8H2,(H,18,20). The highest BCUT2D eigenvalue weighted by Crippen LogP contribution is 2.23. The Morgan fingerprint density at radius 1 is 1.10 bits per heavy atom. The van der Waals surface area contributed by atoms with Gasteiger partial charge in [-0.15, -0.1) is 0 Å². The fourth-order valence-electron chi connectivity index (χ4n) is 2.16. The molecule has 0 unspecified atom stereocenters. The Morgan fingerprint density at radius 3 is 2.57 bits per heavy atom. The summed E-state index contributed by atoms with van der Waals surface area (Å²) in [6, 6.07) is 12.1. The predicted octanol–water partition coefficient (Wildman–Crippen LogP) is 2.80. The first-order valence-electron chi connectivity index (χ1n) is 6.50. The van der Waals surface area contributed by atoms with Crippen LogP contribution in [0.15, 0.2) is 46.9 Å². The van der Waals surface area contributed by atoms with Gasteiger partial charge in [-0.3, -0.25) is 9.59 Å². The van der Waals surface area contributed by atoms with Crippen molar-refractivity contribution in [2.24, 2.45) is 0 Å². The number of nitrogens with one attached hydrogen (secondary N) is 1. The number of hydrogen-bond acceptors (Lipinski definition) is 3. The molecule has 106 valence electrons. The molecule has 1 N–H and O–H groups in total. The van der Waals surface area contributed by atoms with Crippen molar-refractivity contribution in [2.75, 3.05) is 13.2 Å². The Kier molecular flexibility index (Phi) is 3.75. The first kappa shape index (κ1) is 13.8. The van der Waals surface area contributed by atoms with E-state index in [1.807, 2.05) is 12.1 Å². The van der Waals surface area contributed by atoms with Crippen LogP contribution in [0.4, 0.5) is 0 Å². The molecule has 1 amide bonds. The van der Waals surface area contributed by atoms with Crippen LogP contribution in [0, 0.1) is 0 Å². The van der Waals surface area contributed by atoms with Crippen LogP contribution in [0.3, 0.4) is 0 Å². The van der Waals surface area contributed by atoms with E-state index in [2.05, 4.69) is 21.2 Å². The highest BCUT2D eigenvalue weighted by molar-refractivity contribution is 9.10. The quantitative estimate of drug-likeness (QED) is 0.851. The van der Waals surface area contributed by atoms with Gasteiger partial charge < -0.3 is 10.1 Å². The molecule has 0 fully saturated rings. The third-order valence-electron chi connectivity index (χ3n) is 3.24. The summed E-state index contributed by atoms with van der Waals surface area (Å²) in [5.74, 6) is 0.174. The van der Waals surface area contributed by atoms with Crippen LogP contribution in [-0.2, 0) is 0 Å². The number of amides is 1. The molecule has 1 aliphatic rings. The Balaban J connectivity index is 1.98. The molecule has 0 spiro atoms. The number of carbonyl (C=O) groups is 2. The molecule has 0 saturated carbocycles. The zero-order valence-corrected chi connectivity index (χ0v) is 12.6. The van der Waals surface area contributed by atoms with E-state index in [0.717, 1.165) is 4.47 Å². The van der Waals surface area contributed by atoms with E-state index in [1.165, 1.54) is 0 Å². The second-order valence-electron chi connectivity index (χ2n) is 4.65. The number of hydrogen-bond donors (Lipinski definition) is 1. The Labute approximate surface area is 130 Å². The van der Waals surface area contributed by atoms with Crippen molar-refractivity contribution in [3.8, 4) is 5.75 Å². The summed E-state index contributed by atoms with van der Waals surface area (Å²) in [6.07, 6.45) is 0. The summed E-state index contributed by atoms with van der Waals surface area (Å²) < 4.78 is 6.39. The SMILES string of the molecule is O=C(c1ccc(Br)cc1)c1ccc2c(c1)C(=O)NCCO2. The number of benzene rings is 2. The first-order valence-corrected chi connectivity index (χ1v) is 7.30. The first-order chi connectivity index (χ1) is 10.1. The van der Waals surface area contributed by atoms with Gasteiger partial charge in [0.2, 0.25) is 0 Å². The minimum atomic E-state index is -0.215. The van der Waals surface area contributed by atoms with Gasteiger partial charge in [0, 0.05) is 15.6 Å². The minimum Gasteiger partial charge on any atom is -0.491 e. The highest BCUT2D eigenvalue weighted by Gasteiger charge is 2.19. The van der Waals surface area contributed by atoms with Crippen LogP contribution < -0.4 is 10.1 Å². The molecule has 4 nitrogen and oxygen atoms in total. The molecule has 0 bridgehead atoms. The molecule has 0 radical (unpaired) electrons. The van der Waals surface area contributed by atoms with Crippen LogP contribution >= 0.6 is 15.9 Å². The van der Waals surface area contributed by atoms with Gasteiger partial charge in [-0.05, 0) is 42.5 Å². The van der Waals surface area contributed by atoms with Gasteiger partial charge in [0.05, 0.1) is 12.1 Å². The topological polar surface area (TPSA) is 55.4 Å². The van der Waals surface area contributed by atoms with E-state index >= 15 is 0 Å². The number of fused-ring (bicyclic) bond motifs is 1. The third kappa shape index (κ3) is 2.83. The Hall–Kier alpha value is -2.14. The summed E-state index contributed by atoms with van der Waals surface area (Å²) in [5.41, 5.74) is 1.44. The fourth-order valence-corrected chi connectivity index (χ4v) is 2.43. The number of ether oxygens (including phenoxy) is 1. The van der Waals surface area contributed by atoms with Gasteiger partial charge in [-0.1, -0.05) is 15.9 Å². The third-order valence-corrected chi connectivity index (χ3v) is 3.77. The summed E-state index contributed by atoms with van der Waals surface area (Å²) in [4.78, 5) is 24.4. The molecule has 2 aromatic rings. The lowest BCUT2D eigenvalue weighted by atomic mass is 10.0. The lowest BCUT2D eigenvalue weighted by Gasteiger charge is -2.07. The summed E-state index contributed by atoms with van der Waals surface area (Å²) in [5, 5.41) is 2.73. The van der Waals surface area contributed by atoms with Crippen molar-refractivity contribution < 1.29 is 14.3 Å². The van der Waals surface area contributed by atoms with Gasteiger partial charge in [0.1, 0.15) is 12.4 Å². The van der Waals surface area contributed by atoms with Crippen molar-refractivity contribution in [1.82, 2.24) is 5.32 Å². The van der Waals surface area contributed by atoms with Gasteiger partial charge in [0.25, 0.3) is 5.91 Å². The van der Waals surface area contributed by atoms with Crippen molar-refractivity contribution in [3.05, 3.63) is 63.6 Å². The van der Waals surface area contributed by atoms with E-state index in [0.29, 0.717) is 35.6 Å². The molecule has 0 aliphatic carbocycles. The van der Waals surface area contributed by atoms with Crippen LogP contribution in [0.1, 0.15) is 26.3 Å². The lowest BCUT2D eigenvalue weighted by Crippen LogP contribution is -2.24. The van der Waals surface area contributed by atoms with Gasteiger partial charge in [0.15, 0.2) is 5.78 Å². The van der Waals surface area contributed by atoms with E-state index < -0.39 is 0 Å². The van der Waals surface area contributed by atoms with Crippen molar-refractivity contribution >= 4 is 27.6 Å². The van der Waals surface area contributed by atoms with Crippen LogP contribution in [-0.4, -0.2) is 24.8 Å². The maximum atomic E-state index is 12.4. The Bertz CT molecular complexity index is 710. The van der Waals surface area contributed by atoms with Gasteiger partial charge in [-0.2, -0.15) is 0 Å². The second-order valence-corrected chi connectivity index (χ2v) is 5.57. The molecule has 1 aliphatic heterocycles. The molecular formula is C16H12BrNO3. The summed E-state index contributed by atoms with van der Waals surface area (Å²) in [7, 11) is 0. The minimum absolute atomic E-state index is 0.123. The molecule has 0 aromatic heterocycles. The molecule has 2 aromatic carbocycles. The van der Waals surface area contributed by atoms with Crippen molar-refractivity contribution in [3.63, 3.8) is 0 Å². The zero-order valence-electron chi connectivity index (χ0n) is 11.1. The van der Waals surface area contributed by atoms with Gasteiger partial charge >= 0.3 is 0 Å². The number of carbonyl (C=O) groups excluding carboxylic acids is 2. The van der Waals surface area contributed by atoms with E-state index in [1.54, 1.807) is 30.3 Å². The average molecular weight is 346 g/mol. The molecule has 0 saturated heterocycles. The van der Waals surface area contributed by atoms with Crippen molar-refractivity contribution in [2.45, 2.75) is 0 Å². The van der Waals surface area contributed by atoms with Gasteiger partial charge in [-0.25, -0.2) is 0 Å². The highest BCUT2D eigenvalue weighted by atomic mass is 79.9. The predicted molar refractivity (Wildman–Crippen MR) is 81.8 cm³/mol. The maximum Gasteiger partial charge on any atom is 0.255 e. The molecule has 0 atom stereocenters. The summed E-state index contributed by atoms with van der Waals surface area (Å²) >= 11 is 3.34. The monoisotopic (exact) mass is 345 g/mol. The molecule has 1 heterocycles. The lowest BCUT2D eigenvalue weighted by molar-refractivity contribution is 0.0957. The van der Waals surface area contributed by atoms with Crippen LogP contribution in [0.25, 0.3) is 0 Å². The largest absolute Gasteiger partial charge is 0.491 e. The summed E-state index contributed by atoms with van der Waals surface area (Å²) in [6.45, 7) is 0.891. The molecule has 5 heteroatoms. The maximum absolute atomic E-state index is 12.4. The molecule has 3 rings (SSSR count). The number of halogens is 1. The number of rotatable bonds is 2. The van der Waals surface area contributed by atoms with Crippen LogP contribution in [0.2, 0.25) is 0 Å².